The molecule has 0 aromatic heterocycles. The highest BCUT2D eigenvalue weighted by Gasteiger charge is 2.08. The molecule has 0 saturated carbocycles. The molecule has 0 unspecified atom stereocenters. The van der Waals surface area contributed by atoms with E-state index in [0.29, 0.717) is 0 Å². The molecule has 0 aliphatic heterocycles. The van der Waals surface area contributed by atoms with Crippen LogP contribution in [0.15, 0.2) is 42.5 Å². The molecule has 0 atom stereocenters. The van der Waals surface area contributed by atoms with Gasteiger partial charge in [-0.05, 0) is 61.1 Å². The first-order valence-corrected chi connectivity index (χ1v) is 11.0. The van der Waals surface area contributed by atoms with E-state index in [2.05, 4.69) is 55.9 Å². The maximum absolute atomic E-state index is 5.86. The van der Waals surface area contributed by atoms with Crippen LogP contribution in [0.4, 0.5) is 0 Å². The molecule has 2 aromatic carbocycles. The lowest BCUT2D eigenvalue weighted by molar-refractivity contribution is 0.662. The maximum Gasteiger partial charge on any atom is 0.0284 e. The summed E-state index contributed by atoms with van der Waals surface area (Å²) >= 11 is 0. The Morgan fingerprint density at radius 2 is 1.25 bits per heavy atom. The lowest BCUT2D eigenvalue weighted by Crippen LogP contribution is -1.99. The molecule has 0 aliphatic rings. The zero-order valence-corrected chi connectivity index (χ0v) is 17.7. The predicted molar refractivity (Wildman–Crippen MR) is 122 cm³/mol. The third-order valence-corrected chi connectivity index (χ3v) is 5.20. The molecule has 2 aromatic rings. The Morgan fingerprint density at radius 1 is 0.679 bits per heavy atom. The minimum absolute atomic E-state index is 1.05. The maximum atomic E-state index is 5.86. The summed E-state index contributed by atoms with van der Waals surface area (Å²) in [4.78, 5) is 0. The fraction of sp³-hybridized carbons (Fsp3) is 0.429. The quantitative estimate of drug-likeness (QED) is 0.304. The summed E-state index contributed by atoms with van der Waals surface area (Å²) in [6, 6.07) is 14.7. The van der Waals surface area contributed by atoms with E-state index >= 15 is 0 Å². The average molecular weight is 371 g/mol. The molecule has 0 bridgehead atoms. The minimum atomic E-state index is 1.05. The number of hydrogen-bond acceptors (Lipinski definition) is 0. The summed E-state index contributed by atoms with van der Waals surface area (Å²) < 4.78 is 0. The van der Waals surface area contributed by atoms with Crippen LogP contribution in [0.25, 0.3) is 0 Å². The van der Waals surface area contributed by atoms with Crippen molar-refractivity contribution in [3.63, 3.8) is 0 Å². The molecule has 0 heterocycles. The molecule has 0 spiro atoms. The van der Waals surface area contributed by atoms with E-state index in [1.807, 2.05) is 18.2 Å². The zero-order chi connectivity index (χ0) is 20.0. The van der Waals surface area contributed by atoms with Crippen molar-refractivity contribution in [2.75, 3.05) is 0 Å². The van der Waals surface area contributed by atoms with Gasteiger partial charge in [0.2, 0.25) is 0 Å². The van der Waals surface area contributed by atoms with Crippen molar-refractivity contribution in [2.45, 2.75) is 78.1 Å². The Hall–Kier alpha value is -2.44. The van der Waals surface area contributed by atoms with Gasteiger partial charge < -0.3 is 0 Å². The second-order valence-corrected chi connectivity index (χ2v) is 7.55. The van der Waals surface area contributed by atoms with Gasteiger partial charge in [-0.3, -0.25) is 0 Å². The number of benzene rings is 2. The minimum Gasteiger partial charge on any atom is -0.115 e. The number of unbranched alkanes of at least 4 members (excludes halogenated alkanes) is 6. The van der Waals surface area contributed by atoms with Gasteiger partial charge in [0.1, 0.15) is 0 Å². The summed E-state index contributed by atoms with van der Waals surface area (Å²) in [6.45, 7) is 4.50. The fourth-order valence-electron chi connectivity index (χ4n) is 3.50. The third kappa shape index (κ3) is 7.29. The van der Waals surface area contributed by atoms with Crippen LogP contribution in [-0.2, 0) is 12.8 Å². The lowest BCUT2D eigenvalue weighted by atomic mass is 9.92. The standard InChI is InChI=1S/C28H34/c1-4-7-9-14-18-26-23-28(21-20-24-16-12-11-13-17-24)27(22-25(26)6-3)19-15-10-8-5-2/h3,11-13,16-17,22-23H,4-5,7-10,14-15,18-19H2,1-2H3. The Balaban J connectivity index is 2.28. The van der Waals surface area contributed by atoms with E-state index in [4.69, 9.17) is 6.42 Å². The van der Waals surface area contributed by atoms with Gasteiger partial charge in [-0.1, -0.05) is 88.3 Å². The number of rotatable bonds is 10. The van der Waals surface area contributed by atoms with Gasteiger partial charge in [-0.2, -0.15) is 0 Å². The van der Waals surface area contributed by atoms with Crippen molar-refractivity contribution in [1.82, 2.24) is 0 Å². The molecule has 0 saturated heterocycles. The first kappa shape index (κ1) is 21.9. The van der Waals surface area contributed by atoms with Crippen LogP contribution in [0.3, 0.4) is 0 Å². The van der Waals surface area contributed by atoms with Gasteiger partial charge in [0.25, 0.3) is 0 Å². The lowest BCUT2D eigenvalue weighted by Gasteiger charge is -2.11. The fourth-order valence-corrected chi connectivity index (χ4v) is 3.50. The summed E-state index contributed by atoms with van der Waals surface area (Å²) in [6.07, 6.45) is 18.0. The number of aryl methyl sites for hydroxylation is 2. The number of terminal acetylenes is 1. The van der Waals surface area contributed by atoms with E-state index in [1.165, 1.54) is 62.5 Å². The normalized spacial score (nSPS) is 10.2. The molecule has 2 rings (SSSR count). The first-order valence-electron chi connectivity index (χ1n) is 11.0. The van der Waals surface area contributed by atoms with E-state index in [1.54, 1.807) is 0 Å². The molecule has 28 heavy (non-hydrogen) atoms. The monoisotopic (exact) mass is 370 g/mol. The Morgan fingerprint density at radius 3 is 1.82 bits per heavy atom. The zero-order valence-electron chi connectivity index (χ0n) is 17.7. The Kier molecular flexibility index (Phi) is 10.0. The molecular weight excluding hydrogens is 336 g/mol. The van der Waals surface area contributed by atoms with Crippen LogP contribution in [0.5, 0.6) is 0 Å². The smallest absolute Gasteiger partial charge is 0.0284 e. The van der Waals surface area contributed by atoms with Crippen LogP contribution in [0, 0.1) is 24.2 Å². The van der Waals surface area contributed by atoms with Crippen LogP contribution in [0.2, 0.25) is 0 Å². The van der Waals surface area contributed by atoms with Crippen molar-refractivity contribution in [3.05, 3.63) is 70.3 Å². The molecule has 0 aliphatic carbocycles. The SMILES string of the molecule is C#Cc1cc(CCCCCC)c(C#Cc2ccccc2)cc1CCCCCC. The molecule has 0 heteroatoms. The molecule has 0 nitrogen and oxygen atoms in total. The molecule has 0 fully saturated rings. The van der Waals surface area contributed by atoms with Crippen LogP contribution in [-0.4, -0.2) is 0 Å². The number of hydrogen-bond donors (Lipinski definition) is 0. The molecule has 0 amide bonds. The van der Waals surface area contributed by atoms with Crippen LogP contribution >= 0.6 is 0 Å². The van der Waals surface area contributed by atoms with Gasteiger partial charge in [0.05, 0.1) is 0 Å². The summed E-state index contributed by atoms with van der Waals surface area (Å²) in [5, 5.41) is 0. The topological polar surface area (TPSA) is 0 Å². The van der Waals surface area contributed by atoms with E-state index < -0.39 is 0 Å². The summed E-state index contributed by atoms with van der Waals surface area (Å²) in [5.74, 6) is 9.72. The molecular formula is C28H34. The molecule has 146 valence electrons. The van der Waals surface area contributed by atoms with Crippen LogP contribution in [0.1, 0.15) is 93.0 Å². The van der Waals surface area contributed by atoms with Crippen molar-refractivity contribution in [1.29, 1.82) is 0 Å². The second-order valence-electron chi connectivity index (χ2n) is 7.55. The molecule has 0 N–H and O–H groups in total. The van der Waals surface area contributed by atoms with Gasteiger partial charge in [0, 0.05) is 16.7 Å². The highest BCUT2D eigenvalue weighted by atomic mass is 14.1. The van der Waals surface area contributed by atoms with Crippen LogP contribution < -0.4 is 0 Å². The van der Waals surface area contributed by atoms with Gasteiger partial charge in [-0.25, -0.2) is 0 Å². The highest BCUT2D eigenvalue weighted by Crippen LogP contribution is 2.21. The summed E-state index contributed by atoms with van der Waals surface area (Å²) in [5.41, 5.74) is 5.88. The van der Waals surface area contributed by atoms with E-state index in [0.717, 1.165) is 29.5 Å². The largest absolute Gasteiger partial charge is 0.115 e. The van der Waals surface area contributed by atoms with Gasteiger partial charge in [-0.15, -0.1) is 6.42 Å². The van der Waals surface area contributed by atoms with Crippen molar-refractivity contribution in [2.24, 2.45) is 0 Å². The van der Waals surface area contributed by atoms with E-state index in [9.17, 15) is 0 Å². The Labute approximate surface area is 172 Å². The van der Waals surface area contributed by atoms with Crippen molar-refractivity contribution >= 4 is 0 Å². The third-order valence-electron chi connectivity index (χ3n) is 5.20. The molecule has 0 radical (unpaired) electrons. The van der Waals surface area contributed by atoms with Crippen molar-refractivity contribution < 1.29 is 0 Å². The second kappa shape index (κ2) is 12.9. The summed E-state index contributed by atoms with van der Waals surface area (Å²) in [7, 11) is 0. The average Bonchev–Trinajstić information content (AvgIpc) is 2.74. The first-order chi connectivity index (χ1) is 13.8. The van der Waals surface area contributed by atoms with Gasteiger partial charge >= 0.3 is 0 Å². The van der Waals surface area contributed by atoms with E-state index in [-0.39, 0.29) is 0 Å². The predicted octanol–water partition coefficient (Wildman–Crippen LogP) is 7.31. The van der Waals surface area contributed by atoms with Crippen molar-refractivity contribution in [3.8, 4) is 24.2 Å². The van der Waals surface area contributed by atoms with Gasteiger partial charge in [0.15, 0.2) is 0 Å². The Bertz CT molecular complexity index is 809. The highest BCUT2D eigenvalue weighted by molar-refractivity contribution is 5.53.